The standard InChI is InChI=1S/C18H16Cl2FN3O2/c1-9-2-3-12(7-15(9)21)24-8-10(4-16(24)25)18(26)23-11-5-13(19)17(22)14(20)6-11/h2-3,5-7,10H,4,8,22H2,1H3,(H,23,26)/t10-/m1/s1. The summed E-state index contributed by atoms with van der Waals surface area (Å²) >= 11 is 11.9. The quantitative estimate of drug-likeness (QED) is 0.770. The van der Waals surface area contributed by atoms with Crippen molar-refractivity contribution >= 4 is 52.1 Å². The molecule has 26 heavy (non-hydrogen) atoms. The predicted octanol–water partition coefficient (Wildman–Crippen LogP) is 4.01. The van der Waals surface area contributed by atoms with Crippen molar-refractivity contribution in [2.24, 2.45) is 5.92 Å². The van der Waals surface area contributed by atoms with E-state index in [1.54, 1.807) is 19.1 Å². The fourth-order valence-electron chi connectivity index (χ4n) is 2.78. The van der Waals surface area contributed by atoms with Crippen LogP contribution in [0.1, 0.15) is 12.0 Å². The Morgan fingerprint density at radius 3 is 2.54 bits per heavy atom. The van der Waals surface area contributed by atoms with Gasteiger partial charge in [-0.05, 0) is 36.8 Å². The maximum atomic E-state index is 13.8. The van der Waals surface area contributed by atoms with Crippen molar-refractivity contribution in [3.63, 3.8) is 0 Å². The van der Waals surface area contributed by atoms with Crippen LogP contribution >= 0.6 is 23.2 Å². The Hall–Kier alpha value is -2.31. The van der Waals surface area contributed by atoms with Gasteiger partial charge in [-0.15, -0.1) is 0 Å². The SMILES string of the molecule is Cc1ccc(N2C[C@H](C(=O)Nc3cc(Cl)c(N)c(Cl)c3)CC2=O)cc1F. The van der Waals surface area contributed by atoms with Crippen molar-refractivity contribution in [3.05, 3.63) is 51.8 Å². The summed E-state index contributed by atoms with van der Waals surface area (Å²) in [5.41, 5.74) is 7.22. The van der Waals surface area contributed by atoms with Gasteiger partial charge in [-0.25, -0.2) is 4.39 Å². The number of benzene rings is 2. The minimum absolute atomic E-state index is 0.0394. The van der Waals surface area contributed by atoms with E-state index < -0.39 is 11.7 Å². The molecule has 2 amide bonds. The summed E-state index contributed by atoms with van der Waals surface area (Å²) in [7, 11) is 0. The Kier molecular flexibility index (Phi) is 5.07. The lowest BCUT2D eigenvalue weighted by atomic mass is 10.1. The van der Waals surface area contributed by atoms with Gasteiger partial charge in [0.15, 0.2) is 0 Å². The van der Waals surface area contributed by atoms with Crippen LogP contribution in [0.15, 0.2) is 30.3 Å². The molecule has 1 heterocycles. The van der Waals surface area contributed by atoms with Crippen molar-refractivity contribution in [1.29, 1.82) is 0 Å². The number of nitrogen functional groups attached to an aromatic ring is 1. The van der Waals surface area contributed by atoms with E-state index in [1.807, 2.05) is 0 Å². The van der Waals surface area contributed by atoms with Crippen LogP contribution in [-0.2, 0) is 9.59 Å². The largest absolute Gasteiger partial charge is 0.396 e. The molecule has 0 saturated carbocycles. The first kappa shape index (κ1) is 18.5. The Balaban J connectivity index is 1.73. The molecule has 0 unspecified atom stereocenters. The lowest BCUT2D eigenvalue weighted by Gasteiger charge is -2.17. The summed E-state index contributed by atoms with van der Waals surface area (Å²) in [4.78, 5) is 26.2. The number of hydrogen-bond donors (Lipinski definition) is 2. The maximum Gasteiger partial charge on any atom is 0.229 e. The molecular weight excluding hydrogens is 380 g/mol. The minimum atomic E-state index is -0.568. The summed E-state index contributed by atoms with van der Waals surface area (Å²) in [6.45, 7) is 1.81. The van der Waals surface area contributed by atoms with Crippen LogP contribution in [0.25, 0.3) is 0 Å². The van der Waals surface area contributed by atoms with Gasteiger partial charge in [0.1, 0.15) is 5.82 Å². The summed E-state index contributed by atoms with van der Waals surface area (Å²) in [6.07, 6.45) is 0.0394. The van der Waals surface area contributed by atoms with E-state index >= 15 is 0 Å². The van der Waals surface area contributed by atoms with Gasteiger partial charge in [0.25, 0.3) is 0 Å². The molecule has 0 radical (unpaired) electrons. The van der Waals surface area contributed by atoms with Gasteiger partial charge in [0, 0.05) is 24.3 Å². The molecule has 0 spiro atoms. The lowest BCUT2D eigenvalue weighted by Crippen LogP contribution is -2.28. The van der Waals surface area contributed by atoms with Crippen molar-refractivity contribution < 1.29 is 14.0 Å². The summed E-state index contributed by atoms with van der Waals surface area (Å²) < 4.78 is 13.8. The normalized spacial score (nSPS) is 16.8. The Labute approximate surface area is 159 Å². The predicted molar refractivity (Wildman–Crippen MR) is 101 cm³/mol. The first-order chi connectivity index (χ1) is 12.3. The second-order valence-electron chi connectivity index (χ2n) is 6.18. The molecule has 1 atom stereocenters. The second-order valence-corrected chi connectivity index (χ2v) is 7.00. The van der Waals surface area contributed by atoms with E-state index in [1.165, 1.54) is 23.1 Å². The topological polar surface area (TPSA) is 75.4 Å². The molecule has 3 N–H and O–H groups in total. The fraction of sp³-hybridized carbons (Fsp3) is 0.222. The van der Waals surface area contributed by atoms with Crippen LogP contribution in [0, 0.1) is 18.7 Å². The number of carbonyl (C=O) groups is 2. The highest BCUT2D eigenvalue weighted by Crippen LogP contribution is 2.32. The Morgan fingerprint density at radius 1 is 1.27 bits per heavy atom. The third-order valence-corrected chi connectivity index (χ3v) is 4.93. The number of hydrogen-bond acceptors (Lipinski definition) is 3. The van der Waals surface area contributed by atoms with Crippen LogP contribution in [0.3, 0.4) is 0 Å². The zero-order valence-electron chi connectivity index (χ0n) is 13.9. The molecule has 136 valence electrons. The molecule has 8 heteroatoms. The molecule has 2 aromatic carbocycles. The first-order valence-corrected chi connectivity index (χ1v) is 8.63. The van der Waals surface area contributed by atoms with Crippen LogP contribution in [-0.4, -0.2) is 18.4 Å². The molecule has 1 aliphatic rings. The zero-order chi connectivity index (χ0) is 19.0. The van der Waals surface area contributed by atoms with Crippen LogP contribution < -0.4 is 16.0 Å². The average molecular weight is 396 g/mol. The molecular formula is C18H16Cl2FN3O2. The smallest absolute Gasteiger partial charge is 0.229 e. The molecule has 0 aromatic heterocycles. The first-order valence-electron chi connectivity index (χ1n) is 7.88. The van der Waals surface area contributed by atoms with E-state index in [0.717, 1.165) is 0 Å². The molecule has 1 fully saturated rings. The van der Waals surface area contributed by atoms with Gasteiger partial charge >= 0.3 is 0 Å². The summed E-state index contributed by atoms with van der Waals surface area (Å²) in [5, 5.41) is 3.15. The van der Waals surface area contributed by atoms with Gasteiger partial charge in [0.05, 0.1) is 21.7 Å². The summed E-state index contributed by atoms with van der Waals surface area (Å²) in [6, 6.07) is 7.54. The number of carbonyl (C=O) groups excluding carboxylic acids is 2. The number of aryl methyl sites for hydroxylation is 1. The zero-order valence-corrected chi connectivity index (χ0v) is 15.4. The molecule has 5 nitrogen and oxygen atoms in total. The number of nitrogens with one attached hydrogen (secondary N) is 1. The highest BCUT2D eigenvalue weighted by Gasteiger charge is 2.35. The van der Waals surface area contributed by atoms with Crippen molar-refractivity contribution in [3.8, 4) is 0 Å². The second kappa shape index (κ2) is 7.13. The van der Waals surface area contributed by atoms with Crippen LogP contribution in [0.2, 0.25) is 10.0 Å². The molecule has 1 saturated heterocycles. The monoisotopic (exact) mass is 395 g/mol. The maximum absolute atomic E-state index is 13.8. The molecule has 0 bridgehead atoms. The number of halogens is 3. The number of nitrogens with zero attached hydrogens (tertiary/aromatic N) is 1. The third-order valence-electron chi connectivity index (χ3n) is 4.31. The van der Waals surface area contributed by atoms with Crippen LogP contribution in [0.5, 0.6) is 0 Å². The van der Waals surface area contributed by atoms with E-state index in [4.69, 9.17) is 28.9 Å². The Morgan fingerprint density at radius 2 is 1.92 bits per heavy atom. The fourth-order valence-corrected chi connectivity index (χ4v) is 3.27. The number of anilines is 3. The third kappa shape index (κ3) is 3.61. The number of nitrogens with two attached hydrogens (primary N) is 1. The highest BCUT2D eigenvalue weighted by molar-refractivity contribution is 6.39. The van der Waals surface area contributed by atoms with Gasteiger partial charge in [-0.1, -0.05) is 29.3 Å². The summed E-state index contributed by atoms with van der Waals surface area (Å²) in [5.74, 6) is -1.54. The molecule has 2 aromatic rings. The molecule has 0 aliphatic carbocycles. The van der Waals surface area contributed by atoms with Crippen LogP contribution in [0.4, 0.5) is 21.5 Å². The van der Waals surface area contributed by atoms with Crippen molar-refractivity contribution in [2.75, 3.05) is 22.5 Å². The van der Waals surface area contributed by atoms with Crippen molar-refractivity contribution in [2.45, 2.75) is 13.3 Å². The Bertz CT molecular complexity index is 881. The van der Waals surface area contributed by atoms with E-state index in [2.05, 4.69) is 5.32 Å². The van der Waals surface area contributed by atoms with Crippen molar-refractivity contribution in [1.82, 2.24) is 0 Å². The highest BCUT2D eigenvalue weighted by atomic mass is 35.5. The van der Waals surface area contributed by atoms with E-state index in [0.29, 0.717) is 16.9 Å². The van der Waals surface area contributed by atoms with Gasteiger partial charge < -0.3 is 16.0 Å². The number of amides is 2. The minimum Gasteiger partial charge on any atom is -0.396 e. The van der Waals surface area contributed by atoms with Gasteiger partial charge in [-0.2, -0.15) is 0 Å². The van der Waals surface area contributed by atoms with E-state index in [9.17, 15) is 14.0 Å². The average Bonchev–Trinajstić information content (AvgIpc) is 2.97. The molecule has 1 aliphatic heterocycles. The van der Waals surface area contributed by atoms with E-state index in [-0.39, 0.29) is 40.5 Å². The van der Waals surface area contributed by atoms with Gasteiger partial charge in [0.2, 0.25) is 11.8 Å². The molecule has 3 rings (SSSR count). The van der Waals surface area contributed by atoms with Gasteiger partial charge in [-0.3, -0.25) is 9.59 Å². The number of rotatable bonds is 3. The lowest BCUT2D eigenvalue weighted by molar-refractivity contribution is -0.122.